The van der Waals surface area contributed by atoms with Gasteiger partial charge in [-0.15, -0.1) is 0 Å². The van der Waals surface area contributed by atoms with E-state index in [-0.39, 0.29) is 79.9 Å². The van der Waals surface area contributed by atoms with Gasteiger partial charge in [0, 0.05) is 38.9 Å². The smallest absolute Gasteiger partial charge is 0.870 e. The number of hydrogen-bond donors (Lipinski definition) is 1. The van der Waals surface area contributed by atoms with E-state index >= 15 is 0 Å². The number of rotatable bonds is 12. The molecule has 0 unspecified atom stereocenters. The minimum atomic E-state index is -3.27. The molecule has 0 aromatic carbocycles. The second-order valence-corrected chi connectivity index (χ2v) is 12.6. The third-order valence-electron chi connectivity index (χ3n) is 8.25. The summed E-state index contributed by atoms with van der Waals surface area (Å²) in [6.07, 6.45) is -1.10. The first kappa shape index (κ1) is 49.6. The van der Waals surface area contributed by atoms with E-state index in [1.54, 1.807) is 0 Å². The molecule has 0 spiro atoms. The largest absolute Gasteiger partial charge is 1.00 e. The van der Waals surface area contributed by atoms with E-state index in [2.05, 4.69) is 39.6 Å². The molecule has 61 heavy (non-hydrogen) atoms. The van der Waals surface area contributed by atoms with Crippen LogP contribution in [-0.4, -0.2) is 91.3 Å². The fourth-order valence-electron chi connectivity index (χ4n) is 5.95. The second-order valence-electron chi connectivity index (χ2n) is 12.6. The summed E-state index contributed by atoms with van der Waals surface area (Å²) in [6.45, 7) is -2.71. The van der Waals surface area contributed by atoms with E-state index in [9.17, 15) is 54.6 Å². The van der Waals surface area contributed by atoms with Crippen LogP contribution in [-0.2, 0) is 32.0 Å². The van der Waals surface area contributed by atoms with Crippen LogP contribution in [0.1, 0.15) is 25.2 Å². The maximum atomic E-state index is 13.4. The monoisotopic (exact) mass is 884 g/mol. The number of esters is 1. The Labute approximate surface area is 359 Å². The normalized spacial score (nSPS) is 11.3. The number of fused-ring (bicyclic) bond motifs is 2. The molecule has 2 N–H and O–H groups in total. The molecule has 0 aliphatic heterocycles. The van der Waals surface area contributed by atoms with Crippen molar-refractivity contribution >= 4 is 28.3 Å². The number of aryl methyl sites for hydroxylation is 4. The van der Waals surface area contributed by atoms with Crippen molar-refractivity contribution in [2.75, 3.05) is 0 Å². The van der Waals surface area contributed by atoms with E-state index in [4.69, 9.17) is 4.74 Å². The number of aromatic hydroxyl groups is 1. The molecule has 27 heteroatoms. The van der Waals surface area contributed by atoms with Gasteiger partial charge in [-0.3, -0.25) is 23.5 Å². The summed E-state index contributed by atoms with van der Waals surface area (Å²) >= 11 is 0. The van der Waals surface area contributed by atoms with Crippen LogP contribution in [0.2, 0.25) is 0 Å². The van der Waals surface area contributed by atoms with Crippen molar-refractivity contribution in [2.45, 2.75) is 66.9 Å². The van der Waals surface area contributed by atoms with Crippen LogP contribution >= 0.6 is 0 Å². The number of ether oxygens (including phenoxy) is 3. The number of carbonyl (C=O) groups is 1. The van der Waals surface area contributed by atoms with E-state index in [1.807, 2.05) is 0 Å². The standard InChI is InChI=1S/C19H19F4N5O4.C15H13F4N5O3.Na.H2O/c1-8(2)18(30)31-14-12(11-9(3)26-27(4)17(11)32-19(22)23)16(29)28(7-10(20)21)15-13(14)24-5-6-25-15;1-6-8(14(23(2)22-6)27-15(18)19)9-11(25)10-12(21-4-3-20-10)24(13(9)26)5-7(16)17;;/h5-6,8,10,19H,7H2,1-4H3;3-4,7,15,25H,5H2,1-2H3;;1H2/q;;+1;/p-1. The molecule has 0 atom stereocenters. The summed E-state index contributed by atoms with van der Waals surface area (Å²) < 4.78 is 122. The van der Waals surface area contributed by atoms with Crippen LogP contribution in [0, 0.1) is 19.8 Å². The molecule has 0 radical (unpaired) electrons. The predicted octanol–water partition coefficient (Wildman–Crippen LogP) is 1.83. The van der Waals surface area contributed by atoms with Crippen molar-refractivity contribution in [2.24, 2.45) is 20.0 Å². The first-order valence-corrected chi connectivity index (χ1v) is 16.9. The number of pyridine rings is 2. The molecule has 0 aliphatic carbocycles. The number of alkyl halides is 8. The minimum Gasteiger partial charge on any atom is -0.870 e. The molecule has 0 aliphatic rings. The van der Waals surface area contributed by atoms with Gasteiger partial charge in [-0.2, -0.15) is 27.8 Å². The zero-order chi connectivity index (χ0) is 43.6. The Morgan fingerprint density at radius 2 is 1.07 bits per heavy atom. The zero-order valence-electron chi connectivity index (χ0n) is 33.0. The van der Waals surface area contributed by atoms with Gasteiger partial charge in [-0.25, -0.2) is 46.9 Å². The molecule has 0 bridgehead atoms. The summed E-state index contributed by atoms with van der Waals surface area (Å²) in [5.41, 5.74) is -4.37. The molecular weight excluding hydrogens is 851 g/mol. The van der Waals surface area contributed by atoms with Crippen molar-refractivity contribution in [3.05, 3.63) is 56.9 Å². The van der Waals surface area contributed by atoms with Gasteiger partial charge in [0.05, 0.1) is 52.6 Å². The summed E-state index contributed by atoms with van der Waals surface area (Å²) in [5.74, 6) is -3.50. The number of hydrogen-bond acceptors (Lipinski definition) is 14. The summed E-state index contributed by atoms with van der Waals surface area (Å²) in [7, 11) is 2.59. The summed E-state index contributed by atoms with van der Waals surface area (Å²) in [5, 5.41) is 18.5. The van der Waals surface area contributed by atoms with Crippen LogP contribution < -0.4 is 54.9 Å². The SMILES string of the molecule is Cc1nn(C)c(OC(F)F)c1-c1c(O)c2nccnc2n(CC(F)F)c1=O.Cc1nn(C)c(OC(F)F)c1-c1c(OC(=O)C(C)C)c2nccnc2n(CC(F)F)c1=O.[Na+].[OH-]. The van der Waals surface area contributed by atoms with E-state index < -0.39 is 96.6 Å². The fraction of sp³-hybridized carbons (Fsp3) is 0.382. The average Bonchev–Trinajstić information content (AvgIpc) is 3.58. The van der Waals surface area contributed by atoms with Crippen molar-refractivity contribution < 1.29 is 94.3 Å². The van der Waals surface area contributed by atoms with E-state index in [0.717, 1.165) is 9.36 Å². The molecule has 0 fully saturated rings. The van der Waals surface area contributed by atoms with Crippen LogP contribution in [0.15, 0.2) is 34.4 Å². The van der Waals surface area contributed by atoms with Crippen LogP contribution in [0.25, 0.3) is 44.6 Å². The first-order valence-electron chi connectivity index (χ1n) is 16.9. The Morgan fingerprint density at radius 3 is 1.49 bits per heavy atom. The number of nitrogens with zero attached hydrogens (tertiary/aromatic N) is 10. The third-order valence-corrected chi connectivity index (χ3v) is 8.25. The fourth-order valence-corrected chi connectivity index (χ4v) is 5.95. The maximum Gasteiger partial charge on any atom is 1.00 e. The Hall–Kier alpha value is -5.73. The van der Waals surface area contributed by atoms with Crippen molar-refractivity contribution in [3.8, 4) is 45.5 Å². The van der Waals surface area contributed by atoms with Gasteiger partial charge in [0.25, 0.3) is 24.0 Å². The molecule has 18 nitrogen and oxygen atoms in total. The van der Waals surface area contributed by atoms with Gasteiger partial charge in [0.15, 0.2) is 22.8 Å². The molecule has 6 aromatic heterocycles. The van der Waals surface area contributed by atoms with E-state index in [1.165, 1.54) is 66.6 Å². The Balaban J connectivity index is 0.000000319. The summed E-state index contributed by atoms with van der Waals surface area (Å²) in [6, 6.07) is 0. The van der Waals surface area contributed by atoms with Crippen molar-refractivity contribution in [1.82, 2.24) is 48.6 Å². The molecular formula is C34H33F8N10NaO8. The molecule has 324 valence electrons. The third kappa shape index (κ3) is 10.3. The van der Waals surface area contributed by atoms with Gasteiger partial charge in [0.1, 0.15) is 11.0 Å². The van der Waals surface area contributed by atoms with E-state index in [0.29, 0.717) is 9.13 Å². The predicted molar refractivity (Wildman–Crippen MR) is 191 cm³/mol. The molecule has 6 rings (SSSR count). The van der Waals surface area contributed by atoms with Crippen molar-refractivity contribution in [1.29, 1.82) is 0 Å². The van der Waals surface area contributed by atoms with Crippen LogP contribution in [0.3, 0.4) is 0 Å². The Bertz CT molecular complexity index is 2660. The van der Waals surface area contributed by atoms with Gasteiger partial charge in [0.2, 0.25) is 11.8 Å². The average molecular weight is 885 g/mol. The van der Waals surface area contributed by atoms with Gasteiger partial charge < -0.3 is 24.8 Å². The maximum absolute atomic E-state index is 13.4. The number of carbonyl (C=O) groups excluding carboxylic acids is 1. The Kier molecular flexibility index (Phi) is 16.5. The minimum absolute atomic E-state index is 0. The molecule has 6 aromatic rings. The molecule has 0 saturated heterocycles. The summed E-state index contributed by atoms with van der Waals surface area (Å²) in [4.78, 5) is 54.3. The zero-order valence-corrected chi connectivity index (χ0v) is 35.0. The molecule has 0 amide bonds. The van der Waals surface area contributed by atoms with Gasteiger partial charge in [-0.05, 0) is 13.8 Å². The number of halogens is 8. The molecule has 6 heterocycles. The topological polar surface area (TPSA) is 226 Å². The molecule has 0 saturated carbocycles. The first-order chi connectivity index (χ1) is 27.7. The van der Waals surface area contributed by atoms with Crippen LogP contribution in [0.4, 0.5) is 35.1 Å². The van der Waals surface area contributed by atoms with Crippen LogP contribution in [0.5, 0.6) is 23.3 Å². The van der Waals surface area contributed by atoms with Gasteiger partial charge >= 0.3 is 48.7 Å². The number of aromatic nitrogens is 10. The second kappa shape index (κ2) is 20.2. The van der Waals surface area contributed by atoms with Gasteiger partial charge in [-0.1, -0.05) is 13.8 Å². The Morgan fingerprint density at radius 1 is 0.672 bits per heavy atom. The quantitative estimate of drug-likeness (QED) is 0.105. The van der Waals surface area contributed by atoms with Crippen molar-refractivity contribution in [3.63, 3.8) is 0 Å².